The average Bonchev–Trinajstić information content (AvgIpc) is 2.99. The first-order valence-corrected chi connectivity index (χ1v) is 10.0. The second-order valence-corrected chi connectivity index (χ2v) is 8.40. The third-order valence-corrected chi connectivity index (χ3v) is 5.60. The van der Waals surface area contributed by atoms with Crippen molar-refractivity contribution in [2.24, 2.45) is 17.3 Å². The van der Waals surface area contributed by atoms with Gasteiger partial charge in [-0.2, -0.15) is 0 Å². The molecule has 1 aromatic rings. The van der Waals surface area contributed by atoms with E-state index >= 15 is 0 Å². The first-order valence-electron chi connectivity index (χ1n) is 10.0. The zero-order valence-corrected chi connectivity index (χ0v) is 16.7. The van der Waals surface area contributed by atoms with Crippen molar-refractivity contribution in [3.8, 4) is 0 Å². The summed E-state index contributed by atoms with van der Waals surface area (Å²) in [7, 11) is 0. The van der Waals surface area contributed by atoms with Crippen LogP contribution in [0.5, 0.6) is 0 Å². The van der Waals surface area contributed by atoms with Crippen LogP contribution in [0.25, 0.3) is 0 Å². The van der Waals surface area contributed by atoms with Gasteiger partial charge in [-0.1, -0.05) is 44.2 Å². The molecule has 6 nitrogen and oxygen atoms in total. The molecule has 0 aromatic heterocycles. The van der Waals surface area contributed by atoms with Crippen LogP contribution in [0.1, 0.15) is 26.3 Å². The molecule has 27 heavy (non-hydrogen) atoms. The van der Waals surface area contributed by atoms with E-state index < -0.39 is 0 Å². The number of carbonyl (C=O) groups is 2. The second kappa shape index (κ2) is 8.30. The number of nitrogens with zero attached hydrogens (tertiary/aromatic N) is 2. The van der Waals surface area contributed by atoms with Crippen LogP contribution in [0, 0.1) is 17.3 Å². The number of carbonyl (C=O) groups excluding carboxylic acids is 2. The molecule has 2 N–H and O–H groups in total. The Hall–Kier alpha value is -2.08. The largest absolute Gasteiger partial charge is 0.356 e. The normalized spacial score (nSPS) is 21.3. The quantitative estimate of drug-likeness (QED) is 0.802. The van der Waals surface area contributed by atoms with Gasteiger partial charge in [-0.3, -0.25) is 9.69 Å². The second-order valence-electron chi connectivity index (χ2n) is 8.40. The lowest BCUT2D eigenvalue weighted by Gasteiger charge is -2.50. The van der Waals surface area contributed by atoms with Crippen molar-refractivity contribution in [2.75, 3.05) is 39.3 Å². The van der Waals surface area contributed by atoms with Crippen LogP contribution in [0.2, 0.25) is 0 Å². The van der Waals surface area contributed by atoms with Crippen molar-refractivity contribution in [3.63, 3.8) is 0 Å². The topological polar surface area (TPSA) is 64.7 Å². The van der Waals surface area contributed by atoms with E-state index in [2.05, 4.69) is 41.5 Å². The molecular weight excluding hydrogens is 340 g/mol. The van der Waals surface area contributed by atoms with Crippen molar-refractivity contribution in [1.82, 2.24) is 20.4 Å². The number of benzene rings is 1. The van der Waals surface area contributed by atoms with E-state index in [4.69, 9.17) is 0 Å². The maximum absolute atomic E-state index is 12.9. The maximum atomic E-state index is 12.9. The van der Waals surface area contributed by atoms with Crippen molar-refractivity contribution < 1.29 is 9.59 Å². The van der Waals surface area contributed by atoms with Crippen LogP contribution in [0.15, 0.2) is 30.3 Å². The van der Waals surface area contributed by atoms with Gasteiger partial charge < -0.3 is 15.5 Å². The Morgan fingerprint density at radius 3 is 2.48 bits per heavy atom. The van der Waals surface area contributed by atoms with Gasteiger partial charge in [0.15, 0.2) is 0 Å². The molecule has 6 heteroatoms. The van der Waals surface area contributed by atoms with Crippen molar-refractivity contribution >= 4 is 11.9 Å². The molecule has 2 heterocycles. The molecule has 3 amide bonds. The summed E-state index contributed by atoms with van der Waals surface area (Å²) in [6.45, 7) is 11.2. The number of hydrogen-bond donors (Lipinski definition) is 2. The maximum Gasteiger partial charge on any atom is 0.317 e. The summed E-state index contributed by atoms with van der Waals surface area (Å²) in [5.74, 6) is 0.500. The molecule has 2 fully saturated rings. The van der Waals surface area contributed by atoms with Crippen LogP contribution < -0.4 is 10.6 Å². The summed E-state index contributed by atoms with van der Waals surface area (Å²) in [6.07, 6.45) is 0. The standard InChI is InChI=1S/C21H32N4O2/c1-4-22-20(27)25-14-21(15-25)13-24(11-17-8-6-5-7-9-17)12-18(21)19(26)23-10-16(2)3/h5-9,16,18H,4,10-15H2,1-3H3,(H,22,27)(H,23,26). The first kappa shape index (κ1) is 19.7. The van der Waals surface area contributed by atoms with Gasteiger partial charge in [0.2, 0.25) is 5.91 Å². The van der Waals surface area contributed by atoms with Gasteiger partial charge in [-0.15, -0.1) is 0 Å². The molecule has 148 valence electrons. The molecule has 0 bridgehead atoms. The van der Waals surface area contributed by atoms with Gasteiger partial charge in [0.05, 0.1) is 5.92 Å². The summed E-state index contributed by atoms with van der Waals surface area (Å²) in [4.78, 5) is 29.2. The molecule has 3 rings (SSSR count). The minimum absolute atomic E-state index is 0.0222. The Balaban J connectivity index is 1.68. The zero-order chi connectivity index (χ0) is 19.4. The molecule has 2 aliphatic heterocycles. The number of rotatable bonds is 6. The number of likely N-dealkylation sites (tertiary alicyclic amines) is 2. The molecule has 0 aliphatic carbocycles. The Kier molecular flexibility index (Phi) is 6.05. The molecule has 1 aromatic carbocycles. The van der Waals surface area contributed by atoms with E-state index in [1.165, 1.54) is 5.56 Å². The number of nitrogens with one attached hydrogen (secondary N) is 2. The average molecular weight is 373 g/mol. The lowest BCUT2D eigenvalue weighted by atomic mass is 9.71. The predicted molar refractivity (Wildman–Crippen MR) is 106 cm³/mol. The first-order chi connectivity index (χ1) is 12.9. The number of urea groups is 1. The summed E-state index contributed by atoms with van der Waals surface area (Å²) in [6, 6.07) is 10.3. The molecule has 2 saturated heterocycles. The minimum Gasteiger partial charge on any atom is -0.356 e. The van der Waals surface area contributed by atoms with E-state index in [0.717, 1.165) is 19.6 Å². The molecule has 2 aliphatic rings. The fourth-order valence-corrected chi connectivity index (χ4v) is 4.26. The lowest BCUT2D eigenvalue weighted by molar-refractivity contribution is -0.131. The summed E-state index contributed by atoms with van der Waals surface area (Å²) in [5.41, 5.74) is 1.14. The molecule has 0 radical (unpaired) electrons. The Morgan fingerprint density at radius 1 is 1.15 bits per heavy atom. The summed E-state index contributed by atoms with van der Waals surface area (Å²) < 4.78 is 0. The van der Waals surface area contributed by atoms with Crippen molar-refractivity contribution in [1.29, 1.82) is 0 Å². The number of hydrogen-bond acceptors (Lipinski definition) is 3. The van der Waals surface area contributed by atoms with Crippen LogP contribution in [0.3, 0.4) is 0 Å². The minimum atomic E-state index is -0.124. The predicted octanol–water partition coefficient (Wildman–Crippen LogP) is 1.92. The third-order valence-electron chi connectivity index (χ3n) is 5.60. The monoisotopic (exact) mass is 372 g/mol. The summed E-state index contributed by atoms with van der Waals surface area (Å²) >= 11 is 0. The van der Waals surface area contributed by atoms with E-state index in [1.54, 1.807) is 0 Å². The van der Waals surface area contributed by atoms with E-state index in [0.29, 0.717) is 32.1 Å². The van der Waals surface area contributed by atoms with E-state index in [9.17, 15) is 9.59 Å². The highest BCUT2D eigenvalue weighted by atomic mass is 16.2. The smallest absolute Gasteiger partial charge is 0.317 e. The van der Waals surface area contributed by atoms with Gasteiger partial charge in [0.1, 0.15) is 0 Å². The lowest BCUT2D eigenvalue weighted by Crippen LogP contribution is -2.65. The number of amides is 3. The van der Waals surface area contributed by atoms with Gasteiger partial charge in [-0.25, -0.2) is 4.79 Å². The van der Waals surface area contributed by atoms with Gasteiger partial charge in [-0.05, 0) is 18.4 Å². The highest BCUT2D eigenvalue weighted by molar-refractivity contribution is 5.82. The molecule has 0 saturated carbocycles. The molecule has 1 unspecified atom stereocenters. The Bertz CT molecular complexity index is 655. The van der Waals surface area contributed by atoms with Crippen LogP contribution in [0.4, 0.5) is 4.79 Å². The van der Waals surface area contributed by atoms with Gasteiger partial charge >= 0.3 is 6.03 Å². The fraction of sp³-hybridized carbons (Fsp3) is 0.619. The van der Waals surface area contributed by atoms with Crippen molar-refractivity contribution in [3.05, 3.63) is 35.9 Å². The van der Waals surface area contributed by atoms with Crippen LogP contribution in [-0.2, 0) is 11.3 Å². The Morgan fingerprint density at radius 2 is 1.85 bits per heavy atom. The zero-order valence-electron chi connectivity index (χ0n) is 16.7. The summed E-state index contributed by atoms with van der Waals surface area (Å²) in [5, 5.41) is 5.98. The Labute approximate surface area is 162 Å². The van der Waals surface area contributed by atoms with Crippen molar-refractivity contribution in [2.45, 2.75) is 27.3 Å². The third kappa shape index (κ3) is 4.43. The fourth-order valence-electron chi connectivity index (χ4n) is 4.26. The highest BCUT2D eigenvalue weighted by Gasteiger charge is 2.57. The van der Waals surface area contributed by atoms with E-state index in [1.807, 2.05) is 30.0 Å². The molecular formula is C21H32N4O2. The van der Waals surface area contributed by atoms with Gasteiger partial charge in [0.25, 0.3) is 0 Å². The van der Waals surface area contributed by atoms with Crippen LogP contribution in [-0.4, -0.2) is 61.0 Å². The highest BCUT2D eigenvalue weighted by Crippen LogP contribution is 2.44. The van der Waals surface area contributed by atoms with Gasteiger partial charge in [0, 0.05) is 51.2 Å². The SMILES string of the molecule is CCNC(=O)N1CC2(CN(Cc3ccccc3)CC2C(=O)NCC(C)C)C1. The molecule has 1 atom stereocenters. The van der Waals surface area contributed by atoms with E-state index in [-0.39, 0.29) is 23.3 Å². The molecule has 1 spiro atoms. The van der Waals surface area contributed by atoms with Crippen LogP contribution >= 0.6 is 0 Å².